The van der Waals surface area contributed by atoms with Gasteiger partial charge in [-0.2, -0.15) is 0 Å². The monoisotopic (exact) mass is 444 g/mol. The normalized spacial score (nSPS) is 22.1. The van der Waals surface area contributed by atoms with Gasteiger partial charge in [0.15, 0.2) is 0 Å². The second kappa shape index (κ2) is 16.2. The molecule has 2 nitrogen and oxygen atoms in total. The van der Waals surface area contributed by atoms with E-state index in [-0.39, 0.29) is 26.2 Å². The Bertz CT molecular complexity index is 340. The first-order chi connectivity index (χ1) is 12.2. The summed E-state index contributed by atoms with van der Waals surface area (Å²) in [6, 6.07) is 0. The maximum atomic E-state index is 7.50. The van der Waals surface area contributed by atoms with Crippen LogP contribution in [0.15, 0.2) is 0 Å². The zero-order chi connectivity index (χ0) is 21.2. The molecule has 0 aromatic rings. The third-order valence-electron chi connectivity index (χ3n) is 5.89. The van der Waals surface area contributed by atoms with Gasteiger partial charge in [0.1, 0.15) is 0 Å². The predicted molar refractivity (Wildman–Crippen MR) is 106 cm³/mol. The molecule has 0 saturated heterocycles. The first-order valence-electron chi connectivity index (χ1n) is 9.03. The smallest absolute Gasteiger partial charge is 0 e. The van der Waals surface area contributed by atoms with Crippen molar-refractivity contribution in [3.05, 3.63) is 72.5 Å². The van der Waals surface area contributed by atoms with Crippen molar-refractivity contribution in [3.63, 3.8) is 0 Å². The van der Waals surface area contributed by atoms with E-state index in [1.165, 1.54) is 60.2 Å². The van der Waals surface area contributed by atoms with E-state index in [1.54, 1.807) is 11.8 Å². The second-order valence-electron chi connectivity index (χ2n) is 6.66. The molecule has 10 radical (unpaired) electrons. The molecule has 2 aliphatic carbocycles. The predicted octanol–water partition coefficient (Wildman–Crippen LogP) is 6.65. The largest absolute Gasteiger partial charge is 0 e. The van der Waals surface area contributed by atoms with Crippen molar-refractivity contribution in [2.75, 3.05) is 0 Å². The summed E-state index contributed by atoms with van der Waals surface area (Å²) in [5.74, 6) is 15.1. The Morgan fingerprint density at radius 2 is 0.593 bits per heavy atom. The number of hydrogen-bond donors (Lipinski definition) is 0. The molecular weight excluding hydrogens is 411 g/mol. The van der Waals surface area contributed by atoms with E-state index in [4.69, 9.17) is 9.30 Å². The van der Waals surface area contributed by atoms with Crippen LogP contribution in [0.5, 0.6) is 0 Å². The van der Waals surface area contributed by atoms with Gasteiger partial charge in [-0.1, -0.05) is 69.2 Å². The second-order valence-corrected chi connectivity index (χ2v) is 6.66. The first-order valence-corrected chi connectivity index (χ1v) is 9.03. The molecule has 2 fully saturated rings. The minimum atomic E-state index is 0. The summed E-state index contributed by atoms with van der Waals surface area (Å²) in [6.07, 6.45) is 2.35. The molecule has 0 bridgehead atoms. The fourth-order valence-electron chi connectivity index (χ4n) is 3.65. The molecule has 2 rings (SSSR count). The zero-order valence-electron chi connectivity index (χ0n) is 18.7. The topological polar surface area (TPSA) is 39.8 Å². The van der Waals surface area contributed by atoms with Gasteiger partial charge in [-0.25, -0.2) is 0 Å². The number of rotatable bonds is 2. The summed E-state index contributed by atoms with van der Waals surface area (Å²) < 4.78 is 15.0. The SMILES string of the molecule is CC[C]1[C](C)[C](C)[C](C)[C]1C.CC[C]1[C](C)[C](C)[C](C)[C]1C.[C-]#[O+].[C-]#[O+].[Zr]. The van der Waals surface area contributed by atoms with E-state index >= 15 is 0 Å². The summed E-state index contributed by atoms with van der Waals surface area (Å²) >= 11 is 0. The summed E-state index contributed by atoms with van der Waals surface area (Å²) in [7, 11) is 0. The molecule has 0 atom stereocenters. The van der Waals surface area contributed by atoms with Crippen molar-refractivity contribution in [2.24, 2.45) is 0 Å². The average molecular weight is 446 g/mol. The summed E-state index contributed by atoms with van der Waals surface area (Å²) in [5.41, 5.74) is 0. The van der Waals surface area contributed by atoms with Crippen LogP contribution >= 0.6 is 0 Å². The minimum Gasteiger partial charge on any atom is 0 e. The Labute approximate surface area is 189 Å². The maximum absolute atomic E-state index is 7.50. The molecule has 0 amide bonds. The quantitative estimate of drug-likeness (QED) is 0.337. The van der Waals surface area contributed by atoms with Crippen molar-refractivity contribution in [1.29, 1.82) is 0 Å². The van der Waals surface area contributed by atoms with Crippen LogP contribution in [0, 0.1) is 72.5 Å². The van der Waals surface area contributed by atoms with Crippen LogP contribution in [0.3, 0.4) is 0 Å². The third-order valence-corrected chi connectivity index (χ3v) is 5.89. The van der Waals surface area contributed by atoms with Gasteiger partial charge in [-0.15, -0.1) is 0 Å². The van der Waals surface area contributed by atoms with Crippen LogP contribution in [0.25, 0.3) is 0 Å². The Kier molecular flexibility index (Phi) is 19.2. The molecule has 0 spiro atoms. The Morgan fingerprint density at radius 1 is 0.444 bits per heavy atom. The summed E-state index contributed by atoms with van der Waals surface area (Å²) in [5, 5.41) is 0. The summed E-state index contributed by atoms with van der Waals surface area (Å²) in [6.45, 7) is 31.3. The fourth-order valence-corrected chi connectivity index (χ4v) is 3.65. The molecule has 2 aliphatic rings. The van der Waals surface area contributed by atoms with E-state index in [0.29, 0.717) is 0 Å². The van der Waals surface area contributed by atoms with Crippen molar-refractivity contribution >= 4 is 0 Å². The molecule has 0 aliphatic heterocycles. The van der Waals surface area contributed by atoms with E-state index < -0.39 is 0 Å². The molecule has 27 heavy (non-hydrogen) atoms. The van der Waals surface area contributed by atoms with Gasteiger partial charge in [0.05, 0.1) is 0 Å². The Hall–Kier alpha value is 0.363. The Morgan fingerprint density at radius 3 is 0.667 bits per heavy atom. The molecule has 0 heterocycles. The van der Waals surface area contributed by atoms with Gasteiger partial charge in [0.2, 0.25) is 0 Å². The van der Waals surface area contributed by atoms with Gasteiger partial charge in [0, 0.05) is 26.2 Å². The molecule has 2 saturated carbocycles. The van der Waals surface area contributed by atoms with E-state index in [9.17, 15) is 0 Å². The first kappa shape index (κ1) is 32.0. The standard InChI is InChI=1S/2C11H17.2CO.Zr/c2*1-6-11-9(4)7(2)8(3)10(11)5;2*1-2;/h2*6H2,1-5H3;;;. The van der Waals surface area contributed by atoms with Crippen molar-refractivity contribution in [2.45, 2.75) is 82.1 Å². The van der Waals surface area contributed by atoms with Gasteiger partial charge < -0.3 is 0 Å². The maximum Gasteiger partial charge on any atom is 0 e. The molecule has 0 aromatic carbocycles. The minimum absolute atomic E-state index is 0. The Balaban J connectivity index is -0.000000349. The molecule has 146 valence electrons. The van der Waals surface area contributed by atoms with Crippen LogP contribution in [-0.2, 0) is 35.5 Å². The molecule has 0 N–H and O–H groups in total. The van der Waals surface area contributed by atoms with Crippen LogP contribution in [0.4, 0.5) is 0 Å². The average Bonchev–Trinajstić information content (AvgIpc) is 2.98. The van der Waals surface area contributed by atoms with Crippen LogP contribution in [0.1, 0.15) is 82.1 Å². The third kappa shape index (κ3) is 7.95. The van der Waals surface area contributed by atoms with E-state index in [1.807, 2.05) is 0 Å². The molecule has 0 aromatic heterocycles. The van der Waals surface area contributed by atoms with Gasteiger partial charge in [-0.3, -0.25) is 0 Å². The number of hydrogen-bond acceptors (Lipinski definition) is 0. The van der Waals surface area contributed by atoms with Gasteiger partial charge in [0.25, 0.3) is 0 Å². The summed E-state index contributed by atoms with van der Waals surface area (Å²) in [4.78, 5) is 0. The van der Waals surface area contributed by atoms with E-state index in [0.717, 1.165) is 0 Å². The van der Waals surface area contributed by atoms with Gasteiger partial charge in [-0.05, 0) is 72.0 Å². The van der Waals surface area contributed by atoms with Crippen molar-refractivity contribution in [1.82, 2.24) is 0 Å². The van der Waals surface area contributed by atoms with Gasteiger partial charge >= 0.3 is 22.6 Å². The van der Waals surface area contributed by atoms with Crippen molar-refractivity contribution in [3.8, 4) is 0 Å². The van der Waals surface area contributed by atoms with Crippen LogP contribution in [0.2, 0.25) is 0 Å². The molecular formula is C24H34O2Zr. The molecule has 0 unspecified atom stereocenters. The molecule has 3 heteroatoms. The van der Waals surface area contributed by atoms with Crippen LogP contribution in [-0.4, -0.2) is 0 Å². The van der Waals surface area contributed by atoms with E-state index in [2.05, 4.69) is 82.5 Å². The van der Waals surface area contributed by atoms with Crippen LogP contribution < -0.4 is 0 Å². The zero-order valence-corrected chi connectivity index (χ0v) is 21.2. The fraction of sp³-hybridized carbons (Fsp3) is 0.500. The van der Waals surface area contributed by atoms with Crippen molar-refractivity contribution < 1.29 is 35.5 Å².